The van der Waals surface area contributed by atoms with Crippen LogP contribution in [0.25, 0.3) is 5.65 Å². The van der Waals surface area contributed by atoms with Crippen molar-refractivity contribution in [3.05, 3.63) is 53.6 Å². The lowest BCUT2D eigenvalue weighted by molar-refractivity contribution is -0.146. The predicted molar refractivity (Wildman–Crippen MR) is 74.2 cm³/mol. The molecule has 0 spiro atoms. The Labute approximate surface area is 128 Å². The summed E-state index contributed by atoms with van der Waals surface area (Å²) in [5, 5.41) is 13.2. The van der Waals surface area contributed by atoms with E-state index in [0.29, 0.717) is 10.1 Å². The minimum Gasteiger partial charge on any atom is -0.362 e. The maximum atomic E-state index is 13.7. The summed E-state index contributed by atoms with van der Waals surface area (Å²) in [4.78, 5) is 0. The molecule has 1 N–H and O–H groups in total. The van der Waals surface area contributed by atoms with Crippen LogP contribution in [0.3, 0.4) is 0 Å². The molecule has 9 heteroatoms. The molecule has 1 unspecified atom stereocenters. The molecular weight excluding hydrogens is 314 g/mol. The van der Waals surface area contributed by atoms with E-state index in [0.717, 1.165) is 0 Å². The zero-order chi connectivity index (χ0) is 16.6. The fourth-order valence-corrected chi connectivity index (χ4v) is 2.17. The quantitative estimate of drug-likeness (QED) is 0.749. The molecule has 5 nitrogen and oxygen atoms in total. The molecule has 0 fully saturated rings. The van der Waals surface area contributed by atoms with Gasteiger partial charge < -0.3 is 5.32 Å². The second kappa shape index (κ2) is 5.49. The van der Waals surface area contributed by atoms with E-state index >= 15 is 0 Å². The first-order valence-electron chi connectivity index (χ1n) is 6.67. The average Bonchev–Trinajstić information content (AvgIpc) is 2.90. The van der Waals surface area contributed by atoms with E-state index in [-0.39, 0.29) is 11.5 Å². The fourth-order valence-electron chi connectivity index (χ4n) is 2.17. The molecule has 0 aliphatic rings. The Bertz CT molecular complexity index is 843. The lowest BCUT2D eigenvalue weighted by Crippen LogP contribution is -2.15. The van der Waals surface area contributed by atoms with Gasteiger partial charge in [0, 0.05) is 5.56 Å². The summed E-state index contributed by atoms with van der Waals surface area (Å²) in [5.74, 6) is -1.47. The molecule has 0 aliphatic carbocycles. The van der Waals surface area contributed by atoms with Crippen LogP contribution in [0.4, 0.5) is 23.4 Å². The number of nitrogens with one attached hydrogen (secondary N) is 1. The molecular formula is C14H11F4N5. The van der Waals surface area contributed by atoms with Crippen LogP contribution in [0.5, 0.6) is 0 Å². The SMILES string of the molecule is CC(Nc1ccc2nnc(C(F)(F)F)n2n1)c1ccccc1F. The van der Waals surface area contributed by atoms with Crippen LogP contribution in [-0.4, -0.2) is 19.8 Å². The van der Waals surface area contributed by atoms with E-state index in [4.69, 9.17) is 0 Å². The summed E-state index contributed by atoms with van der Waals surface area (Å²) < 4.78 is 52.8. The predicted octanol–water partition coefficient (Wildman–Crippen LogP) is 3.46. The summed E-state index contributed by atoms with van der Waals surface area (Å²) in [6.07, 6.45) is -4.66. The number of rotatable bonds is 3. The van der Waals surface area contributed by atoms with Crippen LogP contribution >= 0.6 is 0 Å². The highest BCUT2D eigenvalue weighted by molar-refractivity contribution is 5.45. The highest BCUT2D eigenvalue weighted by Gasteiger charge is 2.37. The van der Waals surface area contributed by atoms with E-state index in [2.05, 4.69) is 20.6 Å². The van der Waals surface area contributed by atoms with Gasteiger partial charge in [-0.2, -0.15) is 17.7 Å². The Morgan fingerprint density at radius 3 is 2.52 bits per heavy atom. The third-order valence-corrected chi connectivity index (χ3v) is 3.25. The normalized spacial score (nSPS) is 13.3. The average molecular weight is 325 g/mol. The van der Waals surface area contributed by atoms with Gasteiger partial charge in [0.25, 0.3) is 5.82 Å². The molecule has 2 aromatic heterocycles. The third kappa shape index (κ3) is 2.94. The molecule has 2 heterocycles. The Kier molecular flexibility index (Phi) is 3.63. The number of aromatic nitrogens is 4. The zero-order valence-electron chi connectivity index (χ0n) is 11.8. The van der Waals surface area contributed by atoms with Crippen molar-refractivity contribution in [2.24, 2.45) is 0 Å². The largest absolute Gasteiger partial charge is 0.453 e. The maximum Gasteiger partial charge on any atom is 0.453 e. The summed E-state index contributed by atoms with van der Waals surface area (Å²) >= 11 is 0. The van der Waals surface area contributed by atoms with Gasteiger partial charge in [-0.15, -0.1) is 15.3 Å². The van der Waals surface area contributed by atoms with Gasteiger partial charge in [0.05, 0.1) is 6.04 Å². The molecule has 1 aromatic carbocycles. The van der Waals surface area contributed by atoms with E-state index in [9.17, 15) is 17.6 Å². The number of hydrogen-bond acceptors (Lipinski definition) is 4. The van der Waals surface area contributed by atoms with Gasteiger partial charge in [-0.3, -0.25) is 0 Å². The highest BCUT2D eigenvalue weighted by atomic mass is 19.4. The topological polar surface area (TPSA) is 55.1 Å². The van der Waals surface area contributed by atoms with Crippen LogP contribution in [-0.2, 0) is 6.18 Å². The molecule has 120 valence electrons. The fraction of sp³-hybridized carbons (Fsp3) is 0.214. The molecule has 3 rings (SSSR count). The number of nitrogens with zero attached hydrogens (tertiary/aromatic N) is 4. The number of benzene rings is 1. The second-order valence-corrected chi connectivity index (χ2v) is 4.90. The monoisotopic (exact) mass is 325 g/mol. The smallest absolute Gasteiger partial charge is 0.362 e. The van der Waals surface area contributed by atoms with Crippen molar-refractivity contribution in [2.45, 2.75) is 19.1 Å². The number of fused-ring (bicyclic) bond motifs is 1. The highest BCUT2D eigenvalue weighted by Crippen LogP contribution is 2.28. The van der Waals surface area contributed by atoms with E-state index in [1.54, 1.807) is 25.1 Å². The van der Waals surface area contributed by atoms with E-state index in [1.165, 1.54) is 18.2 Å². The molecule has 3 aromatic rings. The number of halogens is 4. The maximum absolute atomic E-state index is 13.7. The van der Waals surface area contributed by atoms with Crippen molar-refractivity contribution in [3.63, 3.8) is 0 Å². The minimum atomic E-state index is -4.66. The molecule has 0 radical (unpaired) electrons. The summed E-state index contributed by atoms with van der Waals surface area (Å²) in [6, 6.07) is 8.47. The Balaban J connectivity index is 1.93. The molecule has 23 heavy (non-hydrogen) atoms. The van der Waals surface area contributed by atoms with Crippen molar-refractivity contribution in [1.82, 2.24) is 19.8 Å². The van der Waals surface area contributed by atoms with Crippen molar-refractivity contribution in [1.29, 1.82) is 0 Å². The molecule has 0 bridgehead atoms. The van der Waals surface area contributed by atoms with E-state index in [1.807, 2.05) is 0 Å². The first-order valence-corrected chi connectivity index (χ1v) is 6.67. The van der Waals surface area contributed by atoms with E-state index < -0.39 is 23.9 Å². The van der Waals surface area contributed by atoms with Crippen LogP contribution in [0, 0.1) is 5.82 Å². The van der Waals surface area contributed by atoms with Crippen LogP contribution < -0.4 is 5.32 Å². The van der Waals surface area contributed by atoms with Crippen molar-refractivity contribution in [2.75, 3.05) is 5.32 Å². The Morgan fingerprint density at radius 2 is 1.83 bits per heavy atom. The number of hydrogen-bond donors (Lipinski definition) is 1. The van der Waals surface area contributed by atoms with Crippen LogP contribution in [0.2, 0.25) is 0 Å². The summed E-state index contributed by atoms with van der Waals surface area (Å²) in [7, 11) is 0. The third-order valence-electron chi connectivity index (χ3n) is 3.25. The van der Waals surface area contributed by atoms with Gasteiger partial charge in [0.1, 0.15) is 11.6 Å². The molecule has 1 atom stereocenters. The second-order valence-electron chi connectivity index (χ2n) is 4.90. The van der Waals surface area contributed by atoms with Crippen molar-refractivity contribution >= 4 is 11.5 Å². The Hall–Kier alpha value is -2.71. The Morgan fingerprint density at radius 1 is 1.09 bits per heavy atom. The van der Waals surface area contributed by atoms with Gasteiger partial charge in [-0.25, -0.2) is 4.39 Å². The molecule has 0 saturated carbocycles. The molecule has 0 saturated heterocycles. The standard InChI is InChI=1S/C14H11F4N5/c1-8(9-4-2-3-5-10(9)15)19-11-6-7-12-20-21-13(14(16,17)18)23(12)22-11/h2-8H,1H3,(H,19,22). The summed E-state index contributed by atoms with van der Waals surface area (Å²) in [5.41, 5.74) is 0.357. The van der Waals surface area contributed by atoms with Gasteiger partial charge in [0.2, 0.25) is 0 Å². The van der Waals surface area contributed by atoms with Gasteiger partial charge in [-0.1, -0.05) is 18.2 Å². The van der Waals surface area contributed by atoms with Gasteiger partial charge in [0.15, 0.2) is 5.65 Å². The summed E-state index contributed by atoms with van der Waals surface area (Å²) in [6.45, 7) is 1.68. The van der Waals surface area contributed by atoms with Crippen molar-refractivity contribution < 1.29 is 17.6 Å². The van der Waals surface area contributed by atoms with Crippen LogP contribution in [0.1, 0.15) is 24.4 Å². The zero-order valence-corrected chi connectivity index (χ0v) is 11.8. The number of alkyl halides is 3. The first-order chi connectivity index (χ1) is 10.9. The number of anilines is 1. The van der Waals surface area contributed by atoms with Crippen molar-refractivity contribution in [3.8, 4) is 0 Å². The lowest BCUT2D eigenvalue weighted by atomic mass is 10.1. The molecule has 0 amide bonds. The molecule has 0 aliphatic heterocycles. The first kappa shape index (κ1) is 15.2. The lowest BCUT2D eigenvalue weighted by Gasteiger charge is -2.15. The van der Waals surface area contributed by atoms with Gasteiger partial charge >= 0.3 is 6.18 Å². The minimum absolute atomic E-state index is 0.0265. The van der Waals surface area contributed by atoms with Crippen LogP contribution in [0.15, 0.2) is 36.4 Å². The van der Waals surface area contributed by atoms with Gasteiger partial charge in [-0.05, 0) is 25.1 Å².